The third-order valence-corrected chi connectivity index (χ3v) is 6.14. The van der Waals surface area contributed by atoms with Crippen molar-refractivity contribution in [2.24, 2.45) is 5.92 Å². The van der Waals surface area contributed by atoms with Crippen LogP contribution < -0.4 is 0 Å². The van der Waals surface area contributed by atoms with Crippen LogP contribution in [0.5, 0.6) is 0 Å². The molecule has 1 aliphatic heterocycles. The van der Waals surface area contributed by atoms with Gasteiger partial charge in [-0.15, -0.1) is 11.3 Å². The number of halogens is 1. The molecule has 4 heteroatoms. The molecule has 3 rings (SSSR count). The highest BCUT2D eigenvalue weighted by atomic mass is 32.1. The van der Waals surface area contributed by atoms with Crippen molar-refractivity contribution in [1.29, 1.82) is 0 Å². The SMILES string of the molecule is Cc1ccc(CN(C)CC2CCN(CCc3ccccc3F)CC2)s1. The van der Waals surface area contributed by atoms with Gasteiger partial charge in [0.15, 0.2) is 0 Å². The zero-order valence-electron chi connectivity index (χ0n) is 15.4. The molecule has 0 amide bonds. The zero-order valence-corrected chi connectivity index (χ0v) is 16.2. The normalized spacial score (nSPS) is 16.6. The number of benzene rings is 1. The monoisotopic (exact) mass is 360 g/mol. The predicted octanol–water partition coefficient (Wildman–Crippen LogP) is 4.58. The molecule has 0 unspecified atom stereocenters. The number of likely N-dealkylation sites (tertiary alicyclic amines) is 1. The van der Waals surface area contributed by atoms with Crippen LogP contribution >= 0.6 is 11.3 Å². The van der Waals surface area contributed by atoms with Crippen molar-refractivity contribution >= 4 is 11.3 Å². The lowest BCUT2D eigenvalue weighted by atomic mass is 9.96. The molecule has 2 nitrogen and oxygen atoms in total. The molecule has 0 radical (unpaired) electrons. The van der Waals surface area contributed by atoms with E-state index in [0.29, 0.717) is 0 Å². The second kappa shape index (κ2) is 8.93. The van der Waals surface area contributed by atoms with E-state index in [2.05, 4.69) is 35.9 Å². The molecule has 0 N–H and O–H groups in total. The number of piperidine rings is 1. The van der Waals surface area contributed by atoms with Crippen molar-refractivity contribution in [3.05, 3.63) is 57.5 Å². The summed E-state index contributed by atoms with van der Waals surface area (Å²) in [6, 6.07) is 11.6. The minimum absolute atomic E-state index is 0.0668. The summed E-state index contributed by atoms with van der Waals surface area (Å²) in [5.41, 5.74) is 0.843. The van der Waals surface area contributed by atoms with Crippen molar-refractivity contribution in [3.8, 4) is 0 Å². The summed E-state index contributed by atoms with van der Waals surface area (Å²) in [4.78, 5) is 7.81. The molecule has 2 aromatic rings. The summed E-state index contributed by atoms with van der Waals surface area (Å²) in [5.74, 6) is 0.721. The molecule has 0 bridgehead atoms. The maximum absolute atomic E-state index is 13.7. The van der Waals surface area contributed by atoms with Crippen LogP contribution in [-0.2, 0) is 13.0 Å². The highest BCUT2D eigenvalue weighted by Gasteiger charge is 2.20. The first-order chi connectivity index (χ1) is 12.1. The average Bonchev–Trinajstić information content (AvgIpc) is 3.00. The lowest BCUT2D eigenvalue weighted by molar-refractivity contribution is 0.153. The van der Waals surface area contributed by atoms with E-state index >= 15 is 0 Å². The lowest BCUT2D eigenvalue weighted by Crippen LogP contribution is -2.38. The number of hydrogen-bond donors (Lipinski definition) is 0. The Kier molecular flexibility index (Phi) is 6.63. The van der Waals surface area contributed by atoms with Gasteiger partial charge in [0.2, 0.25) is 0 Å². The molecule has 0 aliphatic carbocycles. The van der Waals surface area contributed by atoms with Crippen LogP contribution in [0.4, 0.5) is 4.39 Å². The molecular formula is C21H29FN2S. The number of nitrogens with zero attached hydrogens (tertiary/aromatic N) is 2. The van der Waals surface area contributed by atoms with Gasteiger partial charge < -0.3 is 9.80 Å². The fraction of sp³-hybridized carbons (Fsp3) is 0.524. The highest BCUT2D eigenvalue weighted by molar-refractivity contribution is 7.11. The fourth-order valence-corrected chi connectivity index (χ4v) is 4.68. The van der Waals surface area contributed by atoms with Crippen LogP contribution in [0.15, 0.2) is 36.4 Å². The Morgan fingerprint density at radius 1 is 1.16 bits per heavy atom. The number of rotatable bonds is 7. The van der Waals surface area contributed by atoms with E-state index < -0.39 is 0 Å². The minimum Gasteiger partial charge on any atom is -0.303 e. The fourth-order valence-electron chi connectivity index (χ4n) is 3.71. The molecule has 2 heterocycles. The van der Waals surface area contributed by atoms with Crippen molar-refractivity contribution in [2.75, 3.05) is 33.2 Å². The molecule has 1 saturated heterocycles. The summed E-state index contributed by atoms with van der Waals surface area (Å²) in [6.45, 7) is 7.67. The molecule has 1 fully saturated rings. The van der Waals surface area contributed by atoms with Crippen molar-refractivity contribution < 1.29 is 4.39 Å². The van der Waals surface area contributed by atoms with Gasteiger partial charge in [-0.3, -0.25) is 0 Å². The standard InChI is InChI=1S/C21H29FN2S/c1-17-7-8-20(25-17)16-23(2)15-18-9-12-24(13-10-18)14-11-19-5-3-4-6-21(19)22/h3-8,18H,9-16H2,1-2H3. The van der Waals surface area contributed by atoms with E-state index in [1.54, 1.807) is 12.1 Å². The zero-order chi connectivity index (χ0) is 17.6. The quantitative estimate of drug-likeness (QED) is 0.713. The Balaban J connectivity index is 1.37. The lowest BCUT2D eigenvalue weighted by Gasteiger charge is -2.33. The van der Waals surface area contributed by atoms with Gasteiger partial charge in [-0.25, -0.2) is 4.39 Å². The van der Waals surface area contributed by atoms with E-state index in [-0.39, 0.29) is 5.82 Å². The maximum Gasteiger partial charge on any atom is 0.126 e. The molecule has 136 valence electrons. The summed E-state index contributed by atoms with van der Waals surface area (Å²) >= 11 is 1.90. The first-order valence-corrected chi connectivity index (χ1v) is 10.1. The smallest absolute Gasteiger partial charge is 0.126 e. The second-order valence-electron chi connectivity index (χ2n) is 7.34. The average molecular weight is 361 g/mol. The first-order valence-electron chi connectivity index (χ1n) is 9.30. The van der Waals surface area contributed by atoms with Crippen LogP contribution in [0.2, 0.25) is 0 Å². The minimum atomic E-state index is -0.0668. The third kappa shape index (κ3) is 5.63. The van der Waals surface area contributed by atoms with Gasteiger partial charge >= 0.3 is 0 Å². The van der Waals surface area contributed by atoms with Gasteiger partial charge in [-0.2, -0.15) is 0 Å². The molecule has 1 aromatic heterocycles. The van der Waals surface area contributed by atoms with Crippen LogP contribution in [-0.4, -0.2) is 43.0 Å². The summed E-state index contributed by atoms with van der Waals surface area (Å²) < 4.78 is 13.7. The Morgan fingerprint density at radius 2 is 1.92 bits per heavy atom. The Hall–Kier alpha value is -1.23. The first kappa shape index (κ1) is 18.6. The molecular weight excluding hydrogens is 331 g/mol. The van der Waals surface area contributed by atoms with Crippen LogP contribution in [0.25, 0.3) is 0 Å². The van der Waals surface area contributed by atoms with Gasteiger partial charge in [0.25, 0.3) is 0 Å². The van der Waals surface area contributed by atoms with Crippen molar-refractivity contribution in [3.63, 3.8) is 0 Å². The van der Waals surface area contributed by atoms with Crippen molar-refractivity contribution in [2.45, 2.75) is 32.7 Å². The van der Waals surface area contributed by atoms with Gasteiger partial charge in [0, 0.05) is 29.4 Å². The van der Waals surface area contributed by atoms with Gasteiger partial charge in [-0.05, 0) is 76.0 Å². The number of hydrogen-bond acceptors (Lipinski definition) is 3. The van der Waals surface area contributed by atoms with E-state index in [9.17, 15) is 4.39 Å². The van der Waals surface area contributed by atoms with Gasteiger partial charge in [0.05, 0.1) is 0 Å². The molecule has 1 aromatic carbocycles. The van der Waals surface area contributed by atoms with E-state index in [1.165, 1.54) is 29.1 Å². The summed E-state index contributed by atoms with van der Waals surface area (Å²) in [5, 5.41) is 0. The number of thiophene rings is 1. The predicted molar refractivity (Wildman–Crippen MR) is 105 cm³/mol. The van der Waals surface area contributed by atoms with Crippen LogP contribution in [0.3, 0.4) is 0 Å². The molecule has 0 spiro atoms. The highest BCUT2D eigenvalue weighted by Crippen LogP contribution is 2.21. The third-order valence-electron chi connectivity index (χ3n) is 5.15. The van der Waals surface area contributed by atoms with Gasteiger partial charge in [0.1, 0.15) is 5.82 Å². The van der Waals surface area contributed by atoms with Crippen molar-refractivity contribution in [1.82, 2.24) is 9.80 Å². The maximum atomic E-state index is 13.7. The second-order valence-corrected chi connectivity index (χ2v) is 8.71. The Bertz CT molecular complexity index is 661. The van der Waals surface area contributed by atoms with Crippen LogP contribution in [0, 0.1) is 18.7 Å². The van der Waals surface area contributed by atoms with E-state index in [4.69, 9.17) is 0 Å². The summed E-state index contributed by atoms with van der Waals surface area (Å²) in [7, 11) is 2.24. The van der Waals surface area contributed by atoms with Crippen LogP contribution in [0.1, 0.15) is 28.2 Å². The molecule has 25 heavy (non-hydrogen) atoms. The number of aryl methyl sites for hydroxylation is 1. The Morgan fingerprint density at radius 3 is 2.60 bits per heavy atom. The molecule has 0 atom stereocenters. The molecule has 1 aliphatic rings. The largest absolute Gasteiger partial charge is 0.303 e. The van der Waals surface area contributed by atoms with E-state index in [1.807, 2.05) is 23.5 Å². The topological polar surface area (TPSA) is 6.48 Å². The summed E-state index contributed by atoms with van der Waals surface area (Å²) in [6.07, 6.45) is 3.32. The van der Waals surface area contributed by atoms with Gasteiger partial charge in [-0.1, -0.05) is 18.2 Å². The Labute approximate surface area is 155 Å². The van der Waals surface area contributed by atoms with E-state index in [0.717, 1.165) is 44.1 Å². The molecule has 0 saturated carbocycles.